The fourth-order valence-electron chi connectivity index (χ4n) is 1.98. The van der Waals surface area contributed by atoms with Crippen molar-refractivity contribution >= 4 is 28.2 Å². The minimum atomic E-state index is -0.521. The number of hydrogen-bond acceptors (Lipinski definition) is 5. The second-order valence-corrected chi connectivity index (χ2v) is 5.37. The molecular formula is C12H18N4O2S. The number of thiophene rings is 1. The van der Waals surface area contributed by atoms with E-state index in [0.717, 1.165) is 19.6 Å². The molecule has 4 N–H and O–H groups in total. The molecule has 2 amide bonds. The van der Waals surface area contributed by atoms with Crippen LogP contribution in [0.4, 0.5) is 5.00 Å². The highest BCUT2D eigenvalue weighted by Crippen LogP contribution is 2.22. The number of nitrogens with two attached hydrogens (primary N) is 1. The van der Waals surface area contributed by atoms with Gasteiger partial charge in [0.15, 0.2) is 0 Å². The van der Waals surface area contributed by atoms with Crippen molar-refractivity contribution in [3.05, 3.63) is 17.0 Å². The summed E-state index contributed by atoms with van der Waals surface area (Å²) in [6.07, 6.45) is 0. The summed E-state index contributed by atoms with van der Waals surface area (Å²) in [5.41, 5.74) is 5.61. The zero-order valence-corrected chi connectivity index (χ0v) is 11.6. The lowest BCUT2D eigenvalue weighted by molar-refractivity contribution is -0.118. The average Bonchev–Trinajstić information content (AvgIpc) is 2.73. The van der Waals surface area contributed by atoms with Gasteiger partial charge < -0.3 is 16.4 Å². The van der Waals surface area contributed by atoms with Crippen molar-refractivity contribution in [3.63, 3.8) is 0 Å². The average molecular weight is 282 g/mol. The fraction of sp³-hybridized carbons (Fsp3) is 0.500. The highest BCUT2D eigenvalue weighted by atomic mass is 32.1. The van der Waals surface area contributed by atoms with Gasteiger partial charge in [0.05, 0.1) is 12.1 Å². The maximum atomic E-state index is 12.0. The Morgan fingerprint density at radius 3 is 2.84 bits per heavy atom. The monoisotopic (exact) mass is 282 g/mol. The molecule has 1 aromatic rings. The lowest BCUT2D eigenvalue weighted by Crippen LogP contribution is -2.58. The molecule has 0 bridgehead atoms. The smallest absolute Gasteiger partial charge is 0.251 e. The number of amides is 2. The number of primary amides is 1. The van der Waals surface area contributed by atoms with E-state index >= 15 is 0 Å². The van der Waals surface area contributed by atoms with Gasteiger partial charge in [0.25, 0.3) is 5.91 Å². The Bertz CT molecular complexity index is 470. The normalized spacial score (nSPS) is 15.3. The molecule has 1 aliphatic rings. The van der Waals surface area contributed by atoms with E-state index in [2.05, 4.69) is 15.5 Å². The molecule has 1 aliphatic heterocycles. The van der Waals surface area contributed by atoms with Gasteiger partial charge in [-0.25, -0.2) is 0 Å². The molecule has 0 spiro atoms. The Hall–Kier alpha value is -1.44. The minimum Gasteiger partial charge on any atom is -0.366 e. The molecular weight excluding hydrogens is 264 g/mol. The molecule has 0 atom stereocenters. The summed E-state index contributed by atoms with van der Waals surface area (Å²) < 4.78 is 0. The Morgan fingerprint density at radius 2 is 2.32 bits per heavy atom. The lowest BCUT2D eigenvalue weighted by atomic mass is 10.1. The van der Waals surface area contributed by atoms with E-state index in [1.54, 1.807) is 11.4 Å². The predicted molar refractivity (Wildman–Crippen MR) is 75.4 cm³/mol. The topological polar surface area (TPSA) is 87.5 Å². The van der Waals surface area contributed by atoms with E-state index in [0.29, 0.717) is 23.2 Å². The number of likely N-dealkylation sites (N-methyl/N-ethyl adjacent to an activating group) is 1. The Kier molecular flexibility index (Phi) is 4.52. The number of carbonyl (C=O) groups is 2. The van der Waals surface area contributed by atoms with Gasteiger partial charge in [-0.15, -0.1) is 11.3 Å². The molecule has 0 aromatic carbocycles. The third-order valence-electron chi connectivity index (χ3n) is 3.21. The zero-order chi connectivity index (χ0) is 13.8. The van der Waals surface area contributed by atoms with E-state index in [1.807, 2.05) is 6.92 Å². The number of hydrogen-bond donors (Lipinski definition) is 3. The van der Waals surface area contributed by atoms with Gasteiger partial charge in [-0.2, -0.15) is 0 Å². The molecule has 0 unspecified atom stereocenters. The lowest BCUT2D eigenvalue weighted by Gasteiger charge is -2.37. The van der Waals surface area contributed by atoms with Gasteiger partial charge in [-0.3, -0.25) is 14.5 Å². The fourth-order valence-corrected chi connectivity index (χ4v) is 2.79. The van der Waals surface area contributed by atoms with Crippen LogP contribution >= 0.6 is 11.3 Å². The number of anilines is 1. The van der Waals surface area contributed by atoms with Crippen LogP contribution in [-0.4, -0.2) is 48.9 Å². The van der Waals surface area contributed by atoms with E-state index in [4.69, 9.17) is 5.73 Å². The van der Waals surface area contributed by atoms with Crippen molar-refractivity contribution in [1.82, 2.24) is 10.2 Å². The van der Waals surface area contributed by atoms with E-state index in [-0.39, 0.29) is 5.91 Å². The van der Waals surface area contributed by atoms with E-state index in [9.17, 15) is 9.59 Å². The number of nitrogens with zero attached hydrogens (tertiary/aromatic N) is 1. The van der Waals surface area contributed by atoms with Crippen molar-refractivity contribution in [2.24, 2.45) is 5.73 Å². The first-order chi connectivity index (χ1) is 9.11. The molecule has 2 rings (SSSR count). The van der Waals surface area contributed by atoms with Gasteiger partial charge in [0.1, 0.15) is 5.00 Å². The van der Waals surface area contributed by atoms with Crippen LogP contribution in [0.15, 0.2) is 11.4 Å². The molecule has 1 aromatic heterocycles. The van der Waals surface area contributed by atoms with Crippen molar-refractivity contribution < 1.29 is 9.59 Å². The van der Waals surface area contributed by atoms with Crippen molar-refractivity contribution in [1.29, 1.82) is 0 Å². The van der Waals surface area contributed by atoms with Crippen LogP contribution in [0.1, 0.15) is 17.3 Å². The van der Waals surface area contributed by atoms with Crippen LogP contribution in [0, 0.1) is 0 Å². The Labute approximate surface area is 116 Å². The van der Waals surface area contributed by atoms with Crippen LogP contribution in [0.3, 0.4) is 0 Å². The predicted octanol–water partition coefficient (Wildman–Crippen LogP) is 0.0792. The summed E-state index contributed by atoms with van der Waals surface area (Å²) in [6.45, 7) is 5.04. The molecule has 2 heterocycles. The van der Waals surface area contributed by atoms with Crippen molar-refractivity contribution in [2.45, 2.75) is 13.0 Å². The first-order valence-corrected chi connectivity index (χ1v) is 7.11. The molecule has 0 radical (unpaired) electrons. The molecule has 7 heteroatoms. The molecule has 1 saturated heterocycles. The standard InChI is InChI=1S/C12H18N4O2S/c1-2-16(8-5-14-6-8)7-10(17)15-12-9(11(13)18)3-4-19-12/h3-4,8,14H,2,5-7H2,1H3,(H2,13,18)(H,15,17). The van der Waals surface area contributed by atoms with E-state index < -0.39 is 5.91 Å². The maximum absolute atomic E-state index is 12.0. The second kappa shape index (κ2) is 6.14. The first-order valence-electron chi connectivity index (χ1n) is 6.23. The summed E-state index contributed by atoms with van der Waals surface area (Å²) in [5, 5.41) is 8.21. The molecule has 0 aliphatic carbocycles. The summed E-state index contributed by atoms with van der Waals surface area (Å²) in [7, 11) is 0. The number of rotatable bonds is 6. The van der Waals surface area contributed by atoms with Gasteiger partial charge >= 0.3 is 0 Å². The van der Waals surface area contributed by atoms with Gasteiger partial charge in [0.2, 0.25) is 5.91 Å². The SMILES string of the molecule is CCN(CC(=O)Nc1sccc1C(N)=O)C1CNC1. The summed E-state index contributed by atoms with van der Waals surface area (Å²) in [6, 6.07) is 2.05. The largest absolute Gasteiger partial charge is 0.366 e. The molecule has 19 heavy (non-hydrogen) atoms. The molecule has 1 fully saturated rings. The summed E-state index contributed by atoms with van der Waals surface area (Å²) in [4.78, 5) is 25.3. The third-order valence-corrected chi connectivity index (χ3v) is 4.04. The van der Waals surface area contributed by atoms with Crippen LogP contribution in [-0.2, 0) is 4.79 Å². The van der Waals surface area contributed by atoms with Gasteiger partial charge in [0, 0.05) is 19.1 Å². The maximum Gasteiger partial charge on any atom is 0.251 e. The van der Waals surface area contributed by atoms with Crippen molar-refractivity contribution in [2.75, 3.05) is 31.5 Å². The van der Waals surface area contributed by atoms with Crippen LogP contribution < -0.4 is 16.4 Å². The zero-order valence-electron chi connectivity index (χ0n) is 10.8. The molecule has 6 nitrogen and oxygen atoms in total. The van der Waals surface area contributed by atoms with Crippen LogP contribution in [0.5, 0.6) is 0 Å². The summed E-state index contributed by atoms with van der Waals surface area (Å²) >= 11 is 1.31. The highest BCUT2D eigenvalue weighted by molar-refractivity contribution is 7.14. The van der Waals surface area contributed by atoms with E-state index in [1.165, 1.54) is 11.3 Å². The highest BCUT2D eigenvalue weighted by Gasteiger charge is 2.25. The number of nitrogens with one attached hydrogen (secondary N) is 2. The Balaban J connectivity index is 1.92. The summed E-state index contributed by atoms with van der Waals surface area (Å²) in [5.74, 6) is -0.634. The molecule has 0 saturated carbocycles. The van der Waals surface area contributed by atoms with Gasteiger partial charge in [-0.05, 0) is 18.0 Å². The van der Waals surface area contributed by atoms with Crippen LogP contribution in [0.25, 0.3) is 0 Å². The van der Waals surface area contributed by atoms with Gasteiger partial charge in [-0.1, -0.05) is 6.92 Å². The molecule has 104 valence electrons. The van der Waals surface area contributed by atoms with Crippen molar-refractivity contribution in [3.8, 4) is 0 Å². The third kappa shape index (κ3) is 3.31. The minimum absolute atomic E-state index is 0.112. The van der Waals surface area contributed by atoms with Crippen LogP contribution in [0.2, 0.25) is 0 Å². The second-order valence-electron chi connectivity index (χ2n) is 4.45. The number of carbonyl (C=O) groups excluding carboxylic acids is 2. The Morgan fingerprint density at radius 1 is 1.58 bits per heavy atom. The quantitative estimate of drug-likeness (QED) is 0.689. The first kappa shape index (κ1) is 14.0.